The van der Waals surface area contributed by atoms with E-state index in [1.807, 2.05) is 6.07 Å². The number of hydrogen-bond donors (Lipinski definition) is 0. The lowest BCUT2D eigenvalue weighted by molar-refractivity contribution is 0.103. The van der Waals surface area contributed by atoms with Crippen LogP contribution in [0.5, 0.6) is 0 Å². The van der Waals surface area contributed by atoms with Gasteiger partial charge >= 0.3 is 0 Å². The van der Waals surface area contributed by atoms with Gasteiger partial charge in [-0.25, -0.2) is 0 Å². The van der Waals surface area contributed by atoms with Crippen LogP contribution in [0, 0.1) is 0 Å². The van der Waals surface area contributed by atoms with Crippen LogP contribution in [0.2, 0.25) is 5.02 Å². The highest BCUT2D eigenvalue weighted by molar-refractivity contribution is 6.31. The van der Waals surface area contributed by atoms with Crippen molar-refractivity contribution in [2.24, 2.45) is 4.99 Å². The second-order valence-corrected chi connectivity index (χ2v) is 6.57. The monoisotopic (exact) mass is 387 g/mol. The molecule has 5 heteroatoms. The van der Waals surface area contributed by atoms with E-state index in [9.17, 15) is 9.59 Å². The molecule has 0 bridgehead atoms. The molecule has 4 nitrogen and oxygen atoms in total. The van der Waals surface area contributed by atoms with Crippen LogP contribution in [0.25, 0.3) is 11.0 Å². The normalized spacial score (nSPS) is 11.2. The molecule has 0 saturated carbocycles. The maximum Gasteiger partial charge on any atom is 0.201 e. The molecule has 0 aliphatic heterocycles. The number of nitrogens with zero attached hydrogens (tertiary/aromatic N) is 1. The van der Waals surface area contributed by atoms with Crippen LogP contribution in [-0.2, 0) is 0 Å². The maximum absolute atomic E-state index is 12.9. The number of hydrogen-bond acceptors (Lipinski definition) is 4. The van der Waals surface area contributed by atoms with E-state index in [-0.39, 0.29) is 11.2 Å². The van der Waals surface area contributed by atoms with Crippen LogP contribution in [0.3, 0.4) is 0 Å². The van der Waals surface area contributed by atoms with Gasteiger partial charge in [0.05, 0.1) is 16.6 Å². The van der Waals surface area contributed by atoms with Gasteiger partial charge in [-0.2, -0.15) is 0 Å². The zero-order valence-corrected chi connectivity index (χ0v) is 15.4. The van der Waals surface area contributed by atoms with Gasteiger partial charge in [0.2, 0.25) is 5.43 Å². The third kappa shape index (κ3) is 3.50. The van der Waals surface area contributed by atoms with E-state index in [0.717, 1.165) is 0 Å². The van der Waals surface area contributed by atoms with Gasteiger partial charge in [-0.3, -0.25) is 14.6 Å². The van der Waals surface area contributed by atoms with Crippen LogP contribution in [0.1, 0.15) is 21.5 Å². The third-order valence-electron chi connectivity index (χ3n) is 4.29. The van der Waals surface area contributed by atoms with Crippen molar-refractivity contribution in [1.82, 2.24) is 0 Å². The van der Waals surface area contributed by atoms with Crippen LogP contribution < -0.4 is 5.43 Å². The predicted molar refractivity (Wildman–Crippen MR) is 111 cm³/mol. The zero-order chi connectivity index (χ0) is 19.5. The minimum atomic E-state index is -0.194. The summed E-state index contributed by atoms with van der Waals surface area (Å²) in [5, 5.41) is 0.909. The molecule has 3 aromatic carbocycles. The fourth-order valence-corrected chi connectivity index (χ4v) is 3.04. The van der Waals surface area contributed by atoms with Crippen LogP contribution in [0.15, 0.2) is 93.3 Å². The van der Waals surface area contributed by atoms with E-state index in [2.05, 4.69) is 4.99 Å². The Balaban J connectivity index is 1.76. The molecule has 0 aliphatic rings. The van der Waals surface area contributed by atoms with Crippen molar-refractivity contribution < 1.29 is 9.21 Å². The van der Waals surface area contributed by atoms with Gasteiger partial charge in [-0.05, 0) is 30.3 Å². The first-order valence-corrected chi connectivity index (χ1v) is 8.95. The van der Waals surface area contributed by atoms with Crippen LogP contribution in [0.4, 0.5) is 5.69 Å². The summed E-state index contributed by atoms with van der Waals surface area (Å²) in [5.41, 5.74) is 1.94. The lowest BCUT2D eigenvalue weighted by Crippen LogP contribution is -2.08. The van der Waals surface area contributed by atoms with E-state index < -0.39 is 0 Å². The van der Waals surface area contributed by atoms with E-state index in [1.165, 1.54) is 12.5 Å². The summed E-state index contributed by atoms with van der Waals surface area (Å²) in [7, 11) is 0. The molecule has 1 aromatic heterocycles. The number of carbonyl (C=O) groups is 1. The topological polar surface area (TPSA) is 59.6 Å². The van der Waals surface area contributed by atoms with Crippen molar-refractivity contribution in [2.45, 2.75) is 0 Å². The SMILES string of the molecule is O=C(c1ccccc1)c1cc(Cl)ccc1N=Cc1coc2ccccc2c1=O. The molecular formula is C23H14ClNO3. The summed E-state index contributed by atoms with van der Waals surface area (Å²) in [4.78, 5) is 29.8. The van der Waals surface area contributed by atoms with Crippen LogP contribution >= 0.6 is 11.6 Å². The fourth-order valence-electron chi connectivity index (χ4n) is 2.87. The van der Waals surface area contributed by atoms with Crippen LogP contribution in [-0.4, -0.2) is 12.0 Å². The number of ketones is 1. The molecule has 4 aromatic rings. The zero-order valence-electron chi connectivity index (χ0n) is 14.6. The first kappa shape index (κ1) is 17.9. The van der Waals surface area contributed by atoms with Crippen molar-refractivity contribution in [3.05, 3.63) is 111 Å². The van der Waals surface area contributed by atoms with Crippen molar-refractivity contribution >= 4 is 40.3 Å². The molecule has 0 amide bonds. The Morgan fingerprint density at radius 3 is 2.54 bits per heavy atom. The largest absolute Gasteiger partial charge is 0.463 e. The Morgan fingerprint density at radius 1 is 0.964 bits per heavy atom. The first-order valence-electron chi connectivity index (χ1n) is 8.57. The predicted octanol–water partition coefficient (Wildman–Crippen LogP) is 5.43. The fraction of sp³-hybridized carbons (Fsp3) is 0. The number of para-hydroxylation sites is 1. The molecule has 0 radical (unpaired) electrons. The molecule has 0 N–H and O–H groups in total. The Kier molecular flexibility index (Phi) is 4.87. The van der Waals surface area contributed by atoms with Crippen molar-refractivity contribution in [2.75, 3.05) is 0 Å². The quantitative estimate of drug-likeness (QED) is 0.346. The first-order chi connectivity index (χ1) is 13.6. The Hall–Kier alpha value is -3.50. The summed E-state index contributed by atoms with van der Waals surface area (Å²) < 4.78 is 5.50. The molecule has 1 heterocycles. The summed E-state index contributed by atoms with van der Waals surface area (Å²) in [6, 6.07) is 20.8. The molecule has 0 atom stereocenters. The van der Waals surface area contributed by atoms with Gasteiger partial charge in [0.25, 0.3) is 0 Å². The molecule has 4 rings (SSSR count). The number of benzene rings is 3. The summed E-state index contributed by atoms with van der Waals surface area (Å²) >= 11 is 6.09. The van der Waals surface area contributed by atoms with Crippen molar-refractivity contribution in [3.63, 3.8) is 0 Å². The molecule has 0 spiro atoms. The molecule has 0 saturated heterocycles. The average Bonchev–Trinajstić information content (AvgIpc) is 2.74. The molecule has 136 valence electrons. The number of fused-ring (bicyclic) bond motifs is 1. The molecule has 0 fully saturated rings. The van der Waals surface area contributed by atoms with Gasteiger partial charge < -0.3 is 4.42 Å². The Bertz CT molecular complexity index is 1260. The highest BCUT2D eigenvalue weighted by atomic mass is 35.5. The van der Waals surface area contributed by atoms with E-state index in [1.54, 1.807) is 66.7 Å². The number of carbonyl (C=O) groups excluding carboxylic acids is 1. The molecule has 0 aliphatic carbocycles. The van der Waals surface area contributed by atoms with E-state index in [0.29, 0.717) is 38.4 Å². The Morgan fingerprint density at radius 2 is 1.71 bits per heavy atom. The van der Waals surface area contributed by atoms with Gasteiger partial charge in [0.15, 0.2) is 5.78 Å². The minimum absolute atomic E-state index is 0.185. The Labute approximate surface area is 165 Å². The summed E-state index contributed by atoms with van der Waals surface area (Å²) in [5.74, 6) is -0.194. The average molecular weight is 388 g/mol. The summed E-state index contributed by atoms with van der Waals surface area (Å²) in [6.07, 6.45) is 2.77. The second kappa shape index (κ2) is 7.62. The third-order valence-corrected chi connectivity index (χ3v) is 4.52. The maximum atomic E-state index is 12.9. The van der Waals surface area contributed by atoms with Gasteiger partial charge in [0, 0.05) is 22.4 Å². The van der Waals surface area contributed by atoms with Gasteiger partial charge in [-0.15, -0.1) is 0 Å². The highest BCUT2D eigenvalue weighted by Crippen LogP contribution is 2.26. The summed E-state index contributed by atoms with van der Waals surface area (Å²) in [6.45, 7) is 0. The van der Waals surface area contributed by atoms with E-state index in [4.69, 9.17) is 16.0 Å². The number of halogens is 1. The van der Waals surface area contributed by atoms with Crippen molar-refractivity contribution in [3.8, 4) is 0 Å². The molecule has 28 heavy (non-hydrogen) atoms. The smallest absolute Gasteiger partial charge is 0.201 e. The number of rotatable bonds is 4. The van der Waals surface area contributed by atoms with Gasteiger partial charge in [-0.1, -0.05) is 54.1 Å². The van der Waals surface area contributed by atoms with Gasteiger partial charge in [0.1, 0.15) is 11.8 Å². The highest BCUT2D eigenvalue weighted by Gasteiger charge is 2.14. The second-order valence-electron chi connectivity index (χ2n) is 6.13. The lowest BCUT2D eigenvalue weighted by Gasteiger charge is -2.06. The minimum Gasteiger partial charge on any atom is -0.463 e. The number of aliphatic imine (C=N–C) groups is 1. The van der Waals surface area contributed by atoms with Crippen molar-refractivity contribution in [1.29, 1.82) is 0 Å². The molecule has 0 unspecified atom stereocenters. The lowest BCUT2D eigenvalue weighted by atomic mass is 10.0. The standard InChI is InChI=1S/C23H14ClNO3/c24-17-10-11-20(19(12-17)22(26)15-6-2-1-3-7-15)25-13-16-14-28-21-9-5-4-8-18(21)23(16)27/h1-14H. The molecular weight excluding hydrogens is 374 g/mol. The van der Waals surface area contributed by atoms with E-state index >= 15 is 0 Å².